The molecule has 2 heterocycles. The number of fused-ring (bicyclic) bond motifs is 2. The summed E-state index contributed by atoms with van der Waals surface area (Å²) in [4.78, 5) is 12.2. The Hall–Kier alpha value is -1.49. The predicted molar refractivity (Wildman–Crippen MR) is 61.3 cm³/mol. The van der Waals surface area contributed by atoms with E-state index in [-0.39, 0.29) is 17.7 Å². The number of hydrogen-bond acceptors (Lipinski definition) is 2. The van der Waals surface area contributed by atoms with Crippen molar-refractivity contribution in [3.63, 3.8) is 0 Å². The molecule has 1 fully saturated rings. The highest BCUT2D eigenvalue weighted by molar-refractivity contribution is 6.06. The largest absolute Gasteiger partial charge is 0.378 e. The molecule has 1 amide bonds. The highest BCUT2D eigenvalue weighted by Crippen LogP contribution is 2.47. The van der Waals surface area contributed by atoms with Crippen LogP contribution in [0.4, 0.5) is 14.5 Å². The van der Waals surface area contributed by atoms with Gasteiger partial charge in [-0.1, -0.05) is 0 Å². The zero-order valence-electron chi connectivity index (χ0n) is 9.93. The Bertz CT molecular complexity index is 532. The van der Waals surface area contributed by atoms with Gasteiger partial charge in [-0.2, -0.15) is 0 Å². The van der Waals surface area contributed by atoms with Crippen LogP contribution in [0.3, 0.4) is 0 Å². The Morgan fingerprint density at radius 2 is 2.22 bits per heavy atom. The molecule has 0 radical (unpaired) electrons. The van der Waals surface area contributed by atoms with Crippen LogP contribution in [0.15, 0.2) is 12.1 Å². The Morgan fingerprint density at radius 1 is 1.44 bits per heavy atom. The molecule has 3 rings (SSSR count). The number of rotatable bonds is 0. The van der Waals surface area contributed by atoms with E-state index in [0.29, 0.717) is 25.0 Å². The number of amides is 1. The fraction of sp³-hybridized carbons (Fsp3) is 0.462. The lowest BCUT2D eigenvalue weighted by Gasteiger charge is -2.35. The van der Waals surface area contributed by atoms with Crippen molar-refractivity contribution in [2.75, 3.05) is 11.9 Å². The summed E-state index contributed by atoms with van der Waals surface area (Å²) in [7, 11) is 0. The second-order valence-electron chi connectivity index (χ2n) is 4.98. The molecule has 2 aliphatic rings. The molecule has 96 valence electrons. The summed E-state index contributed by atoms with van der Waals surface area (Å²) in [6, 6.07) is 2.05. The number of carbonyl (C=O) groups is 1. The summed E-state index contributed by atoms with van der Waals surface area (Å²) in [6.45, 7) is 2.29. The fourth-order valence-electron chi connectivity index (χ4n) is 2.97. The Morgan fingerprint density at radius 3 is 2.94 bits per heavy atom. The third-order valence-corrected chi connectivity index (χ3v) is 3.81. The van der Waals surface area contributed by atoms with Crippen LogP contribution in [-0.2, 0) is 14.9 Å². The van der Waals surface area contributed by atoms with Crippen LogP contribution in [0.5, 0.6) is 0 Å². The van der Waals surface area contributed by atoms with Crippen molar-refractivity contribution in [3.8, 4) is 0 Å². The van der Waals surface area contributed by atoms with Gasteiger partial charge in [0.1, 0.15) is 11.6 Å². The maximum absolute atomic E-state index is 13.7. The van der Waals surface area contributed by atoms with Gasteiger partial charge in [0.15, 0.2) is 0 Å². The summed E-state index contributed by atoms with van der Waals surface area (Å²) in [5, 5.41) is 2.54. The first kappa shape index (κ1) is 11.6. The van der Waals surface area contributed by atoms with E-state index in [9.17, 15) is 13.6 Å². The van der Waals surface area contributed by atoms with E-state index in [1.54, 1.807) is 0 Å². The fourth-order valence-corrected chi connectivity index (χ4v) is 2.97. The summed E-state index contributed by atoms with van der Waals surface area (Å²) in [6.07, 6.45) is 0.815. The van der Waals surface area contributed by atoms with Gasteiger partial charge in [0, 0.05) is 12.7 Å². The average molecular weight is 253 g/mol. The minimum absolute atomic E-state index is 0.0956. The molecule has 18 heavy (non-hydrogen) atoms. The topological polar surface area (TPSA) is 38.3 Å². The molecule has 0 bridgehead atoms. The zero-order chi connectivity index (χ0) is 12.9. The molecule has 1 aromatic carbocycles. The molecule has 2 atom stereocenters. The maximum Gasteiger partial charge on any atom is 0.235 e. The van der Waals surface area contributed by atoms with Crippen LogP contribution < -0.4 is 5.32 Å². The van der Waals surface area contributed by atoms with Crippen LogP contribution in [0.1, 0.15) is 25.3 Å². The van der Waals surface area contributed by atoms with Crippen LogP contribution >= 0.6 is 0 Å². The van der Waals surface area contributed by atoms with E-state index in [1.165, 1.54) is 6.07 Å². The summed E-state index contributed by atoms with van der Waals surface area (Å²) >= 11 is 0. The number of benzene rings is 1. The SMILES string of the molecule is CC1CC2(CCO1)C(=O)Nc1c(F)cc(F)cc12. The first-order chi connectivity index (χ1) is 8.53. The summed E-state index contributed by atoms with van der Waals surface area (Å²) in [5.41, 5.74) is -0.286. The molecule has 0 saturated carbocycles. The number of anilines is 1. The lowest BCUT2D eigenvalue weighted by atomic mass is 9.73. The van der Waals surface area contributed by atoms with Gasteiger partial charge < -0.3 is 10.1 Å². The molecule has 1 spiro atoms. The smallest absolute Gasteiger partial charge is 0.235 e. The number of ether oxygens (including phenoxy) is 1. The molecule has 1 N–H and O–H groups in total. The van der Waals surface area contributed by atoms with Gasteiger partial charge in [0.05, 0.1) is 17.2 Å². The Balaban J connectivity index is 2.16. The lowest BCUT2D eigenvalue weighted by Crippen LogP contribution is -2.42. The van der Waals surface area contributed by atoms with Gasteiger partial charge in [-0.3, -0.25) is 4.79 Å². The second kappa shape index (κ2) is 3.75. The van der Waals surface area contributed by atoms with E-state index in [1.807, 2.05) is 6.92 Å². The van der Waals surface area contributed by atoms with Crippen molar-refractivity contribution in [1.29, 1.82) is 0 Å². The van der Waals surface area contributed by atoms with E-state index in [4.69, 9.17) is 4.74 Å². The Labute approximate surface area is 103 Å². The average Bonchev–Trinajstić information content (AvgIpc) is 2.54. The van der Waals surface area contributed by atoms with Crippen LogP contribution in [-0.4, -0.2) is 18.6 Å². The number of halogens is 2. The van der Waals surface area contributed by atoms with Gasteiger partial charge in [-0.25, -0.2) is 8.78 Å². The number of hydrogen-bond donors (Lipinski definition) is 1. The van der Waals surface area contributed by atoms with Crippen molar-refractivity contribution in [2.45, 2.75) is 31.3 Å². The van der Waals surface area contributed by atoms with Crippen molar-refractivity contribution in [1.82, 2.24) is 0 Å². The second-order valence-corrected chi connectivity index (χ2v) is 4.98. The van der Waals surface area contributed by atoms with E-state index < -0.39 is 17.0 Å². The quantitative estimate of drug-likeness (QED) is 0.770. The Kier molecular flexibility index (Phi) is 2.41. The number of carbonyl (C=O) groups excluding carboxylic acids is 1. The standard InChI is InChI=1S/C13H13F2NO2/c1-7-6-13(2-3-18-7)9-4-8(14)5-10(15)11(9)16-12(13)17/h4-5,7H,2-3,6H2,1H3,(H,16,17). The van der Waals surface area contributed by atoms with Crippen molar-refractivity contribution in [3.05, 3.63) is 29.3 Å². The van der Waals surface area contributed by atoms with Crippen molar-refractivity contribution >= 4 is 11.6 Å². The molecule has 2 unspecified atom stereocenters. The van der Waals surface area contributed by atoms with E-state index in [0.717, 1.165) is 6.07 Å². The lowest BCUT2D eigenvalue weighted by molar-refractivity contribution is -0.126. The number of nitrogens with one attached hydrogen (secondary N) is 1. The monoisotopic (exact) mass is 253 g/mol. The third kappa shape index (κ3) is 1.47. The van der Waals surface area contributed by atoms with E-state index in [2.05, 4.69) is 5.32 Å². The molecular formula is C13H13F2NO2. The van der Waals surface area contributed by atoms with Gasteiger partial charge in [-0.05, 0) is 31.4 Å². The van der Waals surface area contributed by atoms with E-state index >= 15 is 0 Å². The zero-order valence-corrected chi connectivity index (χ0v) is 9.93. The molecule has 0 aromatic heterocycles. The molecule has 0 aliphatic carbocycles. The van der Waals surface area contributed by atoms with Gasteiger partial charge >= 0.3 is 0 Å². The highest BCUT2D eigenvalue weighted by Gasteiger charge is 2.50. The normalized spacial score (nSPS) is 30.4. The molecule has 1 saturated heterocycles. The maximum atomic E-state index is 13.7. The first-order valence-electron chi connectivity index (χ1n) is 5.95. The van der Waals surface area contributed by atoms with Gasteiger partial charge in [0.25, 0.3) is 0 Å². The minimum atomic E-state index is -0.837. The van der Waals surface area contributed by atoms with Crippen LogP contribution in [0.2, 0.25) is 0 Å². The molecule has 2 aliphatic heterocycles. The van der Waals surface area contributed by atoms with Crippen molar-refractivity contribution < 1.29 is 18.3 Å². The summed E-state index contributed by atoms with van der Waals surface area (Å²) < 4.78 is 32.5. The third-order valence-electron chi connectivity index (χ3n) is 3.81. The summed E-state index contributed by atoms with van der Waals surface area (Å²) in [5.74, 6) is -1.62. The molecular weight excluding hydrogens is 240 g/mol. The van der Waals surface area contributed by atoms with Crippen molar-refractivity contribution in [2.24, 2.45) is 0 Å². The molecule has 3 nitrogen and oxygen atoms in total. The first-order valence-corrected chi connectivity index (χ1v) is 5.95. The van der Waals surface area contributed by atoms with Gasteiger partial charge in [0.2, 0.25) is 5.91 Å². The van der Waals surface area contributed by atoms with Crippen LogP contribution in [0, 0.1) is 11.6 Å². The van der Waals surface area contributed by atoms with Gasteiger partial charge in [-0.15, -0.1) is 0 Å². The molecule has 1 aromatic rings. The predicted octanol–water partition coefficient (Wildman–Crippen LogP) is 2.35. The minimum Gasteiger partial charge on any atom is -0.378 e. The highest BCUT2D eigenvalue weighted by atomic mass is 19.1. The molecule has 5 heteroatoms. The van der Waals surface area contributed by atoms with Crippen LogP contribution in [0.25, 0.3) is 0 Å².